The summed E-state index contributed by atoms with van der Waals surface area (Å²) in [6, 6.07) is 8.74. The molecule has 0 aromatic heterocycles. The molecule has 0 fully saturated rings. The molecule has 1 aromatic rings. The van der Waals surface area contributed by atoms with Crippen LogP contribution in [0.1, 0.15) is 19.4 Å². The zero-order valence-electron chi connectivity index (χ0n) is 11.1. The first-order chi connectivity index (χ1) is 8.17. The third kappa shape index (κ3) is 4.75. The van der Waals surface area contributed by atoms with E-state index in [1.807, 2.05) is 12.1 Å². The average molecular weight is 236 g/mol. The van der Waals surface area contributed by atoms with E-state index >= 15 is 0 Å². The number of nitrogens with one attached hydrogen (secondary N) is 1. The van der Waals surface area contributed by atoms with Crippen LogP contribution < -0.4 is 15.8 Å². The molecule has 3 N–H and O–H groups in total. The van der Waals surface area contributed by atoms with Crippen molar-refractivity contribution in [3.63, 3.8) is 0 Å². The second-order valence-corrected chi connectivity index (χ2v) is 4.65. The third-order valence-corrected chi connectivity index (χ3v) is 2.97. The topological polar surface area (TPSA) is 47.3 Å². The molecule has 0 amide bonds. The number of ether oxygens (including phenoxy) is 1. The number of hydrogen-bond acceptors (Lipinski definition) is 3. The van der Waals surface area contributed by atoms with Gasteiger partial charge in [-0.15, -0.1) is 0 Å². The van der Waals surface area contributed by atoms with Gasteiger partial charge >= 0.3 is 0 Å². The standard InChI is InChI=1S/C14H24N2O/c1-11(2)14(16-9-8-15)10-12-4-6-13(17-3)7-5-12/h4-7,11,14,16H,8-10,15H2,1-3H3. The Balaban J connectivity index is 2.58. The van der Waals surface area contributed by atoms with Crippen LogP contribution in [0, 0.1) is 5.92 Å². The minimum atomic E-state index is 0.479. The Morgan fingerprint density at radius 2 is 1.88 bits per heavy atom. The summed E-state index contributed by atoms with van der Waals surface area (Å²) >= 11 is 0. The zero-order chi connectivity index (χ0) is 12.7. The summed E-state index contributed by atoms with van der Waals surface area (Å²) in [5.74, 6) is 1.51. The van der Waals surface area contributed by atoms with E-state index in [1.165, 1.54) is 5.56 Å². The van der Waals surface area contributed by atoms with Gasteiger partial charge in [0.15, 0.2) is 0 Å². The Morgan fingerprint density at radius 3 is 2.35 bits per heavy atom. The van der Waals surface area contributed by atoms with Crippen molar-refractivity contribution in [2.75, 3.05) is 20.2 Å². The van der Waals surface area contributed by atoms with Crippen LogP contribution in [-0.4, -0.2) is 26.2 Å². The van der Waals surface area contributed by atoms with Gasteiger partial charge in [-0.1, -0.05) is 26.0 Å². The fourth-order valence-corrected chi connectivity index (χ4v) is 1.83. The first kappa shape index (κ1) is 14.0. The molecular formula is C14H24N2O. The molecule has 0 aliphatic rings. The van der Waals surface area contributed by atoms with Crippen LogP contribution in [0.3, 0.4) is 0 Å². The van der Waals surface area contributed by atoms with Gasteiger partial charge in [0.2, 0.25) is 0 Å². The monoisotopic (exact) mass is 236 g/mol. The van der Waals surface area contributed by atoms with Crippen molar-refractivity contribution in [3.05, 3.63) is 29.8 Å². The summed E-state index contributed by atoms with van der Waals surface area (Å²) in [6.45, 7) is 6.03. The van der Waals surface area contributed by atoms with Gasteiger partial charge in [0.1, 0.15) is 5.75 Å². The van der Waals surface area contributed by atoms with Crippen molar-refractivity contribution in [2.45, 2.75) is 26.3 Å². The van der Waals surface area contributed by atoms with Gasteiger partial charge in [0.05, 0.1) is 7.11 Å². The smallest absolute Gasteiger partial charge is 0.118 e. The van der Waals surface area contributed by atoms with E-state index in [4.69, 9.17) is 10.5 Å². The summed E-state index contributed by atoms with van der Waals surface area (Å²) in [6.07, 6.45) is 1.03. The molecule has 0 aliphatic heterocycles. The second-order valence-electron chi connectivity index (χ2n) is 4.65. The number of methoxy groups -OCH3 is 1. The minimum Gasteiger partial charge on any atom is -0.497 e. The Bertz CT molecular complexity index is 309. The van der Waals surface area contributed by atoms with E-state index in [9.17, 15) is 0 Å². The zero-order valence-corrected chi connectivity index (χ0v) is 11.1. The summed E-state index contributed by atoms with van der Waals surface area (Å²) in [4.78, 5) is 0. The molecule has 3 nitrogen and oxygen atoms in total. The normalized spacial score (nSPS) is 12.8. The van der Waals surface area contributed by atoms with Crippen LogP contribution in [0.25, 0.3) is 0 Å². The van der Waals surface area contributed by atoms with Crippen LogP contribution >= 0.6 is 0 Å². The summed E-state index contributed by atoms with van der Waals surface area (Å²) in [7, 11) is 1.69. The van der Waals surface area contributed by atoms with E-state index in [-0.39, 0.29) is 0 Å². The van der Waals surface area contributed by atoms with Crippen LogP contribution in [-0.2, 0) is 6.42 Å². The molecule has 3 heteroatoms. The fraction of sp³-hybridized carbons (Fsp3) is 0.571. The van der Waals surface area contributed by atoms with Crippen LogP contribution in [0.4, 0.5) is 0 Å². The Kier molecular flexibility index (Phi) is 6.01. The maximum absolute atomic E-state index is 5.53. The predicted octanol–water partition coefficient (Wildman–Crippen LogP) is 1.81. The summed E-state index contributed by atoms with van der Waals surface area (Å²) in [5.41, 5.74) is 6.86. The molecule has 0 radical (unpaired) electrons. The van der Waals surface area contributed by atoms with Crippen molar-refractivity contribution in [2.24, 2.45) is 11.7 Å². The molecule has 1 unspecified atom stereocenters. The van der Waals surface area contributed by atoms with Crippen molar-refractivity contribution in [1.82, 2.24) is 5.32 Å². The molecule has 0 spiro atoms. The van der Waals surface area contributed by atoms with E-state index in [0.717, 1.165) is 18.7 Å². The molecule has 96 valence electrons. The molecule has 0 heterocycles. The molecule has 0 aliphatic carbocycles. The lowest BCUT2D eigenvalue weighted by Crippen LogP contribution is -2.38. The molecule has 0 saturated carbocycles. The summed E-state index contributed by atoms with van der Waals surface area (Å²) < 4.78 is 5.15. The van der Waals surface area contributed by atoms with Crippen LogP contribution in [0.15, 0.2) is 24.3 Å². The highest BCUT2D eigenvalue weighted by atomic mass is 16.5. The number of hydrogen-bond donors (Lipinski definition) is 2. The number of nitrogens with two attached hydrogens (primary N) is 1. The van der Waals surface area contributed by atoms with Crippen LogP contribution in [0.2, 0.25) is 0 Å². The Morgan fingerprint density at radius 1 is 1.24 bits per heavy atom. The van der Waals surface area contributed by atoms with Gasteiger partial charge < -0.3 is 15.8 Å². The molecule has 1 aromatic carbocycles. The molecule has 0 bridgehead atoms. The Labute approximate surface area is 104 Å². The van der Waals surface area contributed by atoms with Gasteiger partial charge in [-0.05, 0) is 30.0 Å². The van der Waals surface area contributed by atoms with E-state index in [0.29, 0.717) is 18.5 Å². The maximum Gasteiger partial charge on any atom is 0.118 e. The highest BCUT2D eigenvalue weighted by Gasteiger charge is 2.12. The molecule has 17 heavy (non-hydrogen) atoms. The lowest BCUT2D eigenvalue weighted by molar-refractivity contribution is 0.400. The van der Waals surface area contributed by atoms with Gasteiger partial charge in [0.25, 0.3) is 0 Å². The van der Waals surface area contributed by atoms with Crippen molar-refractivity contribution < 1.29 is 4.74 Å². The largest absolute Gasteiger partial charge is 0.497 e. The maximum atomic E-state index is 5.53. The number of benzene rings is 1. The van der Waals surface area contributed by atoms with Gasteiger partial charge in [-0.2, -0.15) is 0 Å². The predicted molar refractivity (Wildman–Crippen MR) is 72.4 cm³/mol. The first-order valence-electron chi connectivity index (χ1n) is 6.23. The molecule has 1 atom stereocenters. The fourth-order valence-electron chi connectivity index (χ4n) is 1.83. The van der Waals surface area contributed by atoms with E-state index < -0.39 is 0 Å². The van der Waals surface area contributed by atoms with Crippen molar-refractivity contribution >= 4 is 0 Å². The van der Waals surface area contributed by atoms with Crippen molar-refractivity contribution in [1.29, 1.82) is 0 Å². The first-order valence-corrected chi connectivity index (χ1v) is 6.23. The third-order valence-electron chi connectivity index (χ3n) is 2.97. The number of rotatable bonds is 7. The average Bonchev–Trinajstić information content (AvgIpc) is 2.35. The van der Waals surface area contributed by atoms with Gasteiger partial charge in [0, 0.05) is 19.1 Å². The van der Waals surface area contributed by atoms with Crippen LogP contribution in [0.5, 0.6) is 5.75 Å². The minimum absolute atomic E-state index is 0.479. The van der Waals surface area contributed by atoms with Gasteiger partial charge in [-0.3, -0.25) is 0 Å². The van der Waals surface area contributed by atoms with E-state index in [2.05, 4.69) is 31.3 Å². The summed E-state index contributed by atoms with van der Waals surface area (Å²) in [5, 5.41) is 3.49. The SMILES string of the molecule is COc1ccc(CC(NCCN)C(C)C)cc1. The second kappa shape index (κ2) is 7.30. The molecule has 0 saturated heterocycles. The van der Waals surface area contributed by atoms with E-state index in [1.54, 1.807) is 7.11 Å². The highest BCUT2D eigenvalue weighted by molar-refractivity contribution is 5.27. The van der Waals surface area contributed by atoms with Crippen molar-refractivity contribution in [3.8, 4) is 5.75 Å². The quantitative estimate of drug-likeness (QED) is 0.759. The molecular weight excluding hydrogens is 212 g/mol. The lowest BCUT2D eigenvalue weighted by atomic mass is 9.96. The van der Waals surface area contributed by atoms with Gasteiger partial charge in [-0.25, -0.2) is 0 Å². The Hall–Kier alpha value is -1.06. The lowest BCUT2D eigenvalue weighted by Gasteiger charge is -2.22. The molecule has 1 rings (SSSR count). The highest BCUT2D eigenvalue weighted by Crippen LogP contribution is 2.15.